The zero-order valence-corrected chi connectivity index (χ0v) is 11.0. The summed E-state index contributed by atoms with van der Waals surface area (Å²) in [5.74, 6) is 0.867. The van der Waals surface area contributed by atoms with E-state index in [1.807, 2.05) is 14.0 Å². The highest BCUT2D eigenvalue weighted by Crippen LogP contribution is 2.34. The van der Waals surface area contributed by atoms with E-state index < -0.39 is 4.92 Å². The van der Waals surface area contributed by atoms with Gasteiger partial charge in [-0.3, -0.25) is 10.1 Å². The molecule has 0 aliphatic carbocycles. The zero-order valence-electron chi connectivity index (χ0n) is 11.0. The number of hydrogen-bond donors (Lipinski definition) is 1. The topological polar surface area (TPSA) is 73.6 Å². The first-order chi connectivity index (χ1) is 8.53. The van der Waals surface area contributed by atoms with Gasteiger partial charge in [-0.2, -0.15) is 0 Å². The number of hydrogen-bond acceptors (Lipinski definition) is 5. The molecule has 0 saturated carbocycles. The zero-order chi connectivity index (χ0) is 13.7. The van der Waals surface area contributed by atoms with Crippen LogP contribution in [0.2, 0.25) is 0 Å². The van der Waals surface area contributed by atoms with Crippen molar-refractivity contribution in [3.63, 3.8) is 0 Å². The number of benzene rings is 1. The Kier molecular flexibility index (Phi) is 4.91. The lowest BCUT2D eigenvalue weighted by molar-refractivity contribution is -0.385. The van der Waals surface area contributed by atoms with Crippen LogP contribution in [0.3, 0.4) is 0 Å². The molecule has 1 N–H and O–H groups in total. The first-order valence-corrected chi connectivity index (χ1v) is 5.60. The summed E-state index contributed by atoms with van der Waals surface area (Å²) >= 11 is 0. The lowest BCUT2D eigenvalue weighted by Crippen LogP contribution is -2.24. The fourth-order valence-electron chi connectivity index (χ4n) is 1.68. The van der Waals surface area contributed by atoms with Crippen molar-refractivity contribution < 1.29 is 14.4 Å². The van der Waals surface area contributed by atoms with Crippen LogP contribution in [0, 0.1) is 10.1 Å². The molecule has 0 radical (unpaired) electrons. The molecule has 0 spiro atoms. The molecule has 1 aromatic carbocycles. The molecule has 1 rings (SSSR count). The van der Waals surface area contributed by atoms with E-state index in [1.165, 1.54) is 20.3 Å². The van der Waals surface area contributed by atoms with Crippen LogP contribution in [0.15, 0.2) is 12.1 Å². The van der Waals surface area contributed by atoms with E-state index >= 15 is 0 Å². The molecule has 0 saturated heterocycles. The van der Waals surface area contributed by atoms with Gasteiger partial charge in [-0.15, -0.1) is 0 Å². The van der Waals surface area contributed by atoms with Gasteiger partial charge in [0.15, 0.2) is 11.5 Å². The second-order valence-corrected chi connectivity index (χ2v) is 3.99. The predicted octanol–water partition coefficient (Wildman–Crippen LogP) is 1.76. The summed E-state index contributed by atoms with van der Waals surface area (Å²) in [6, 6.07) is 3.20. The molecule has 0 heterocycles. The summed E-state index contributed by atoms with van der Waals surface area (Å²) in [5, 5.41) is 14.1. The summed E-state index contributed by atoms with van der Waals surface area (Å²) in [5.41, 5.74) is 0.675. The molecule has 6 nitrogen and oxygen atoms in total. The molecule has 1 unspecified atom stereocenters. The van der Waals surface area contributed by atoms with Gasteiger partial charge in [0.1, 0.15) is 0 Å². The normalized spacial score (nSPS) is 12.0. The average Bonchev–Trinajstić information content (AvgIpc) is 2.37. The van der Waals surface area contributed by atoms with Crippen LogP contribution in [0.5, 0.6) is 11.5 Å². The van der Waals surface area contributed by atoms with Crippen molar-refractivity contribution in [3.8, 4) is 11.5 Å². The van der Waals surface area contributed by atoms with Crippen LogP contribution >= 0.6 is 0 Å². The standard InChI is InChI=1S/C12H18N2O4/c1-8(13-2)5-9-6-11(17-3)12(18-4)7-10(9)14(15)16/h6-8,13H,5H2,1-4H3. The third-order valence-corrected chi connectivity index (χ3v) is 2.80. The van der Waals surface area contributed by atoms with E-state index in [2.05, 4.69) is 5.32 Å². The first-order valence-electron chi connectivity index (χ1n) is 5.60. The van der Waals surface area contributed by atoms with Gasteiger partial charge in [0.05, 0.1) is 25.2 Å². The molecule has 0 aromatic heterocycles. The van der Waals surface area contributed by atoms with Gasteiger partial charge in [0.2, 0.25) is 0 Å². The van der Waals surface area contributed by atoms with Crippen molar-refractivity contribution in [2.24, 2.45) is 0 Å². The number of ether oxygens (including phenoxy) is 2. The number of nitrogens with one attached hydrogen (secondary N) is 1. The maximum atomic E-state index is 11.0. The number of methoxy groups -OCH3 is 2. The molecule has 0 bridgehead atoms. The Balaban J connectivity index is 3.24. The molecule has 100 valence electrons. The van der Waals surface area contributed by atoms with Crippen LogP contribution in [0.1, 0.15) is 12.5 Å². The number of nitrogens with zero attached hydrogens (tertiary/aromatic N) is 1. The first kappa shape index (κ1) is 14.2. The Morgan fingerprint density at radius 3 is 2.33 bits per heavy atom. The Morgan fingerprint density at radius 1 is 1.33 bits per heavy atom. The molecule has 18 heavy (non-hydrogen) atoms. The van der Waals surface area contributed by atoms with Gasteiger partial charge in [0.25, 0.3) is 5.69 Å². The van der Waals surface area contributed by atoms with Gasteiger partial charge in [-0.05, 0) is 26.5 Å². The van der Waals surface area contributed by atoms with Crippen molar-refractivity contribution in [3.05, 3.63) is 27.8 Å². The van der Waals surface area contributed by atoms with Crippen LogP contribution in [0.4, 0.5) is 5.69 Å². The Bertz CT molecular complexity index is 434. The fraction of sp³-hybridized carbons (Fsp3) is 0.500. The van der Waals surface area contributed by atoms with E-state index in [9.17, 15) is 10.1 Å². The average molecular weight is 254 g/mol. The summed E-state index contributed by atoms with van der Waals surface area (Å²) in [4.78, 5) is 10.6. The molecule has 0 amide bonds. The minimum atomic E-state index is -0.403. The molecule has 1 atom stereocenters. The number of likely N-dealkylation sites (N-methyl/N-ethyl adjacent to an activating group) is 1. The minimum absolute atomic E-state index is 0.0507. The highest BCUT2D eigenvalue weighted by Gasteiger charge is 2.20. The van der Waals surface area contributed by atoms with Crippen LogP contribution in [-0.4, -0.2) is 32.2 Å². The second kappa shape index (κ2) is 6.20. The number of nitro groups is 1. The molecular weight excluding hydrogens is 236 g/mol. The van der Waals surface area contributed by atoms with Crippen molar-refractivity contribution in [2.75, 3.05) is 21.3 Å². The molecule has 0 aliphatic heterocycles. The van der Waals surface area contributed by atoms with Gasteiger partial charge in [-0.1, -0.05) is 0 Å². The van der Waals surface area contributed by atoms with Gasteiger partial charge < -0.3 is 14.8 Å². The Labute approximate surface area is 106 Å². The summed E-state index contributed by atoms with van der Waals surface area (Å²) in [6.07, 6.45) is 0.549. The van der Waals surface area contributed by atoms with Crippen molar-refractivity contribution in [2.45, 2.75) is 19.4 Å². The molecular formula is C12H18N2O4. The van der Waals surface area contributed by atoms with E-state index in [0.717, 1.165) is 0 Å². The third kappa shape index (κ3) is 3.10. The summed E-state index contributed by atoms with van der Waals surface area (Å²) in [7, 11) is 4.78. The lowest BCUT2D eigenvalue weighted by atomic mass is 10.0. The maximum Gasteiger partial charge on any atom is 0.276 e. The van der Waals surface area contributed by atoms with Crippen molar-refractivity contribution >= 4 is 5.69 Å². The summed E-state index contributed by atoms with van der Waals surface area (Å²) < 4.78 is 10.2. The molecule has 0 aliphatic rings. The van der Waals surface area contributed by atoms with Crippen LogP contribution < -0.4 is 14.8 Å². The largest absolute Gasteiger partial charge is 0.493 e. The highest BCUT2D eigenvalue weighted by molar-refractivity contribution is 5.54. The molecule has 0 fully saturated rings. The van der Waals surface area contributed by atoms with Gasteiger partial charge >= 0.3 is 0 Å². The fourth-order valence-corrected chi connectivity index (χ4v) is 1.68. The van der Waals surface area contributed by atoms with Gasteiger partial charge in [0, 0.05) is 11.6 Å². The van der Waals surface area contributed by atoms with E-state index in [-0.39, 0.29) is 11.7 Å². The highest BCUT2D eigenvalue weighted by atomic mass is 16.6. The van der Waals surface area contributed by atoms with E-state index in [1.54, 1.807) is 6.07 Å². The van der Waals surface area contributed by atoms with Gasteiger partial charge in [-0.25, -0.2) is 0 Å². The van der Waals surface area contributed by atoms with Crippen molar-refractivity contribution in [1.29, 1.82) is 0 Å². The van der Waals surface area contributed by atoms with Crippen molar-refractivity contribution in [1.82, 2.24) is 5.32 Å². The van der Waals surface area contributed by atoms with E-state index in [4.69, 9.17) is 9.47 Å². The van der Waals surface area contributed by atoms with E-state index in [0.29, 0.717) is 23.5 Å². The molecule has 1 aromatic rings. The second-order valence-electron chi connectivity index (χ2n) is 3.99. The van der Waals surface area contributed by atoms with Crippen LogP contribution in [0.25, 0.3) is 0 Å². The summed E-state index contributed by atoms with van der Waals surface area (Å²) in [6.45, 7) is 1.96. The smallest absolute Gasteiger partial charge is 0.276 e. The predicted molar refractivity (Wildman–Crippen MR) is 68.4 cm³/mol. The number of nitro benzene ring substituents is 1. The minimum Gasteiger partial charge on any atom is -0.493 e. The Morgan fingerprint density at radius 2 is 1.89 bits per heavy atom. The third-order valence-electron chi connectivity index (χ3n) is 2.80. The lowest BCUT2D eigenvalue weighted by Gasteiger charge is -2.13. The molecule has 6 heteroatoms. The number of rotatable bonds is 6. The Hall–Kier alpha value is -1.82. The monoisotopic (exact) mass is 254 g/mol. The van der Waals surface area contributed by atoms with Crippen LogP contribution in [-0.2, 0) is 6.42 Å². The quantitative estimate of drug-likeness (QED) is 0.618. The SMILES string of the molecule is CNC(C)Cc1cc(OC)c(OC)cc1[N+](=O)[O-]. The maximum absolute atomic E-state index is 11.0.